The van der Waals surface area contributed by atoms with E-state index in [0.717, 1.165) is 46.7 Å². The van der Waals surface area contributed by atoms with Gasteiger partial charge in [-0.1, -0.05) is 18.2 Å². The summed E-state index contributed by atoms with van der Waals surface area (Å²) >= 11 is 0. The van der Waals surface area contributed by atoms with E-state index in [1.54, 1.807) is 12.4 Å². The van der Waals surface area contributed by atoms with E-state index < -0.39 is 5.91 Å². The Morgan fingerprint density at radius 1 is 1.00 bits per heavy atom. The van der Waals surface area contributed by atoms with Crippen LogP contribution in [0.25, 0.3) is 21.7 Å². The number of rotatable bonds is 6. The smallest absolute Gasteiger partial charge is 0.271 e. The zero-order valence-electron chi connectivity index (χ0n) is 22.0. The number of fused-ring (bicyclic) bond motifs is 2. The minimum absolute atomic E-state index is 0.00391. The Labute approximate surface area is 230 Å². The summed E-state index contributed by atoms with van der Waals surface area (Å²) in [4.78, 5) is 41.3. The molecule has 2 aliphatic rings. The second-order valence-corrected chi connectivity index (χ2v) is 10.7. The average Bonchev–Trinajstić information content (AvgIpc) is 3.83. The number of piperidine rings is 1. The lowest BCUT2D eigenvalue weighted by atomic mass is 10.0. The van der Waals surface area contributed by atoms with Crippen LogP contribution in [-0.4, -0.2) is 38.5 Å². The maximum Gasteiger partial charge on any atom is 0.271 e. The second-order valence-electron chi connectivity index (χ2n) is 10.7. The molecule has 0 radical (unpaired) electrons. The van der Waals surface area contributed by atoms with Crippen LogP contribution in [0.15, 0.2) is 78.0 Å². The fraction of sp³-hybridized carbons (Fsp3) is 0.258. The molecule has 7 rings (SSSR count). The molecule has 1 aliphatic heterocycles. The van der Waals surface area contributed by atoms with Gasteiger partial charge in [-0.15, -0.1) is 0 Å². The van der Waals surface area contributed by atoms with E-state index in [4.69, 9.17) is 10.7 Å². The van der Waals surface area contributed by atoms with Gasteiger partial charge >= 0.3 is 0 Å². The first-order chi connectivity index (χ1) is 19.5. The van der Waals surface area contributed by atoms with Crippen molar-refractivity contribution in [3.8, 4) is 0 Å². The molecule has 1 saturated carbocycles. The molecule has 3 aromatic heterocycles. The summed E-state index contributed by atoms with van der Waals surface area (Å²) in [5.41, 5.74) is 8.69. The standard InChI is InChI=1S/C31H29N7O2/c32-29(39)28-30(35-23-8-10-26-22(16-23)3-1-12-33-26)36-27(17-34-28)37-13-2-4-24(18-37)38-14-11-21-15-20(19-5-6-19)7-9-25(21)31(38)40/h1,3,7-12,14-17,19,24H,2,4-6,13,18H2,(H2,32,39)(H,35,36)/t24-/m1/s1. The second kappa shape index (κ2) is 9.75. The lowest BCUT2D eigenvalue weighted by Gasteiger charge is -2.34. The number of hydrogen-bond acceptors (Lipinski definition) is 7. The lowest BCUT2D eigenvalue weighted by Crippen LogP contribution is -2.40. The van der Waals surface area contributed by atoms with Crippen molar-refractivity contribution in [3.05, 3.63) is 94.8 Å². The Morgan fingerprint density at radius 3 is 2.75 bits per heavy atom. The van der Waals surface area contributed by atoms with Gasteiger partial charge in [0.05, 0.1) is 17.8 Å². The quantitative estimate of drug-likeness (QED) is 0.320. The van der Waals surface area contributed by atoms with E-state index >= 15 is 0 Å². The van der Waals surface area contributed by atoms with E-state index in [1.165, 1.54) is 18.4 Å². The lowest BCUT2D eigenvalue weighted by molar-refractivity contribution is 0.0996. The zero-order chi connectivity index (χ0) is 27.2. The number of aromatic nitrogens is 4. The van der Waals surface area contributed by atoms with Gasteiger partial charge in [-0.3, -0.25) is 14.6 Å². The van der Waals surface area contributed by atoms with E-state index in [2.05, 4.69) is 38.4 Å². The van der Waals surface area contributed by atoms with Gasteiger partial charge in [0.25, 0.3) is 11.5 Å². The van der Waals surface area contributed by atoms with E-state index in [-0.39, 0.29) is 17.3 Å². The zero-order valence-corrected chi connectivity index (χ0v) is 22.0. The highest BCUT2D eigenvalue weighted by atomic mass is 16.1. The first-order valence-electron chi connectivity index (χ1n) is 13.7. The van der Waals surface area contributed by atoms with Crippen LogP contribution < -0.4 is 21.5 Å². The van der Waals surface area contributed by atoms with E-state index in [0.29, 0.717) is 24.1 Å². The summed E-state index contributed by atoms with van der Waals surface area (Å²) in [6, 6.07) is 17.9. The third-order valence-electron chi connectivity index (χ3n) is 7.98. The van der Waals surface area contributed by atoms with Gasteiger partial charge in [-0.25, -0.2) is 9.97 Å². The Bertz CT molecular complexity index is 1830. The number of carbonyl (C=O) groups excluding carboxylic acids is 1. The molecule has 2 fully saturated rings. The first kappa shape index (κ1) is 24.3. The molecule has 1 atom stereocenters. The summed E-state index contributed by atoms with van der Waals surface area (Å²) in [7, 11) is 0. The summed E-state index contributed by atoms with van der Waals surface area (Å²) < 4.78 is 1.86. The fourth-order valence-corrected chi connectivity index (χ4v) is 5.72. The maximum absolute atomic E-state index is 13.5. The molecule has 9 nitrogen and oxygen atoms in total. The van der Waals surface area contributed by atoms with Crippen LogP contribution in [0.5, 0.6) is 0 Å². The Morgan fingerprint density at radius 2 is 1.90 bits per heavy atom. The van der Waals surface area contributed by atoms with Crippen molar-refractivity contribution in [1.29, 1.82) is 0 Å². The number of amides is 1. The van der Waals surface area contributed by atoms with Gasteiger partial charge in [0.2, 0.25) is 0 Å². The number of carbonyl (C=O) groups is 1. The van der Waals surface area contributed by atoms with Crippen molar-refractivity contribution in [3.63, 3.8) is 0 Å². The van der Waals surface area contributed by atoms with Gasteiger partial charge in [-0.05, 0) is 78.9 Å². The normalized spacial score (nSPS) is 17.3. The molecule has 0 unspecified atom stereocenters. The number of nitrogens with zero attached hydrogens (tertiary/aromatic N) is 5. The van der Waals surface area contributed by atoms with Gasteiger partial charge < -0.3 is 20.5 Å². The van der Waals surface area contributed by atoms with Crippen LogP contribution in [-0.2, 0) is 0 Å². The number of anilines is 3. The maximum atomic E-state index is 13.5. The molecule has 5 aromatic rings. The third-order valence-corrected chi connectivity index (χ3v) is 7.98. The Kier molecular flexibility index (Phi) is 5.91. The topological polar surface area (TPSA) is 119 Å². The molecule has 40 heavy (non-hydrogen) atoms. The third kappa shape index (κ3) is 4.53. The van der Waals surface area contributed by atoms with E-state index in [1.807, 2.05) is 47.2 Å². The summed E-state index contributed by atoms with van der Waals surface area (Å²) in [5.74, 6) is 0.916. The SMILES string of the molecule is NC(=O)c1ncc(N2CCC[C@@H](n3ccc4cc(C5CC5)ccc4c3=O)C2)nc1Nc1ccc2ncccc2c1. The predicted octanol–water partition coefficient (Wildman–Crippen LogP) is 4.90. The highest BCUT2D eigenvalue weighted by Crippen LogP contribution is 2.40. The van der Waals surface area contributed by atoms with Crippen LogP contribution in [0, 0.1) is 0 Å². The van der Waals surface area contributed by atoms with Gasteiger partial charge in [0.1, 0.15) is 5.82 Å². The molecule has 0 bridgehead atoms. The van der Waals surface area contributed by atoms with Crippen LogP contribution in [0.1, 0.15) is 53.7 Å². The van der Waals surface area contributed by atoms with Gasteiger partial charge in [0.15, 0.2) is 11.5 Å². The van der Waals surface area contributed by atoms with Crippen LogP contribution in [0.4, 0.5) is 17.3 Å². The highest BCUT2D eigenvalue weighted by Gasteiger charge is 2.26. The van der Waals surface area contributed by atoms with Crippen molar-refractivity contribution in [2.75, 3.05) is 23.3 Å². The number of nitrogens with two attached hydrogens (primary N) is 1. The van der Waals surface area contributed by atoms with Crippen LogP contribution in [0.2, 0.25) is 0 Å². The van der Waals surface area contributed by atoms with Crippen molar-refractivity contribution >= 4 is 44.9 Å². The molecule has 1 amide bonds. The van der Waals surface area contributed by atoms with Crippen molar-refractivity contribution in [2.45, 2.75) is 37.6 Å². The monoisotopic (exact) mass is 531 g/mol. The summed E-state index contributed by atoms with van der Waals surface area (Å²) in [5, 5.41) is 5.95. The predicted molar refractivity (Wildman–Crippen MR) is 156 cm³/mol. The largest absolute Gasteiger partial charge is 0.364 e. The summed E-state index contributed by atoms with van der Waals surface area (Å²) in [6.45, 7) is 1.38. The number of pyridine rings is 2. The molecular weight excluding hydrogens is 502 g/mol. The van der Waals surface area contributed by atoms with Crippen molar-refractivity contribution in [1.82, 2.24) is 19.5 Å². The minimum Gasteiger partial charge on any atom is -0.364 e. The summed E-state index contributed by atoms with van der Waals surface area (Å²) in [6.07, 6.45) is 9.53. The van der Waals surface area contributed by atoms with Crippen LogP contribution in [0.3, 0.4) is 0 Å². The molecule has 1 aliphatic carbocycles. The van der Waals surface area contributed by atoms with Gasteiger partial charge in [-0.2, -0.15) is 0 Å². The number of benzene rings is 2. The van der Waals surface area contributed by atoms with Crippen molar-refractivity contribution in [2.24, 2.45) is 5.73 Å². The average molecular weight is 532 g/mol. The number of nitrogens with one attached hydrogen (secondary N) is 1. The molecule has 200 valence electrons. The number of hydrogen-bond donors (Lipinski definition) is 2. The highest BCUT2D eigenvalue weighted by molar-refractivity contribution is 5.96. The number of primary amides is 1. The molecule has 0 spiro atoms. The first-order valence-corrected chi connectivity index (χ1v) is 13.7. The molecule has 2 aromatic carbocycles. The molecular formula is C31H29N7O2. The van der Waals surface area contributed by atoms with Crippen molar-refractivity contribution < 1.29 is 4.79 Å². The van der Waals surface area contributed by atoms with Crippen LogP contribution >= 0.6 is 0 Å². The minimum atomic E-state index is -0.659. The molecule has 4 heterocycles. The Balaban J connectivity index is 1.17. The molecule has 3 N–H and O–H groups in total. The van der Waals surface area contributed by atoms with E-state index in [9.17, 15) is 9.59 Å². The Hall–Kier alpha value is -4.79. The molecule has 1 saturated heterocycles. The fourth-order valence-electron chi connectivity index (χ4n) is 5.72. The van der Waals surface area contributed by atoms with Gasteiger partial charge in [0, 0.05) is 41.9 Å². The molecule has 9 heteroatoms.